The van der Waals surface area contributed by atoms with Crippen molar-refractivity contribution in [2.24, 2.45) is 17.3 Å². The maximum absolute atomic E-state index is 12.6. The average molecular weight is 348 g/mol. The number of aliphatic hydroxyl groups is 1. The first-order valence-corrected chi connectivity index (χ1v) is 9.58. The van der Waals surface area contributed by atoms with E-state index >= 15 is 0 Å². The van der Waals surface area contributed by atoms with Crippen molar-refractivity contribution in [3.63, 3.8) is 0 Å². The van der Waals surface area contributed by atoms with E-state index in [1.165, 1.54) is 0 Å². The third kappa shape index (κ3) is 3.49. The Bertz CT molecular complexity index is 619. The fraction of sp³-hybridized carbons (Fsp3) is 0.750. The molecule has 2 unspecified atom stereocenters. The Hall–Kier alpha value is -1.33. The number of hydrogen-bond acceptors (Lipinski definition) is 3. The Morgan fingerprint density at radius 3 is 2.72 bits per heavy atom. The third-order valence-corrected chi connectivity index (χ3v) is 5.95. The number of carbonyl (C=O) groups is 1. The highest BCUT2D eigenvalue weighted by atomic mass is 16.3. The summed E-state index contributed by atoms with van der Waals surface area (Å²) in [4.78, 5) is 18.0. The maximum Gasteiger partial charge on any atom is 0.268 e. The van der Waals surface area contributed by atoms with Crippen molar-refractivity contribution in [3.8, 4) is 0 Å². The van der Waals surface area contributed by atoms with Crippen LogP contribution in [-0.2, 0) is 6.42 Å². The van der Waals surface area contributed by atoms with Crippen molar-refractivity contribution in [2.45, 2.75) is 65.1 Å². The van der Waals surface area contributed by atoms with Crippen molar-refractivity contribution in [1.82, 2.24) is 15.2 Å². The molecule has 2 fully saturated rings. The summed E-state index contributed by atoms with van der Waals surface area (Å²) in [6, 6.07) is 2.27. The van der Waals surface area contributed by atoms with Crippen LogP contribution in [-0.4, -0.2) is 52.7 Å². The molecule has 1 amide bonds. The normalized spacial score (nSPS) is 32.6. The lowest BCUT2D eigenvalue weighted by atomic mass is 9.66. The summed E-state index contributed by atoms with van der Waals surface area (Å²) < 4.78 is 0. The van der Waals surface area contributed by atoms with E-state index in [1.807, 2.05) is 12.3 Å². The second-order valence-electron chi connectivity index (χ2n) is 9.04. The molecular formula is C20H33N3O2. The Morgan fingerprint density at radius 1 is 1.40 bits per heavy atom. The summed E-state index contributed by atoms with van der Waals surface area (Å²) in [6.07, 6.45) is 4.07. The van der Waals surface area contributed by atoms with Gasteiger partial charge in [-0.25, -0.2) is 0 Å². The summed E-state index contributed by atoms with van der Waals surface area (Å²) >= 11 is 0. The molecular weight excluding hydrogens is 314 g/mol. The summed E-state index contributed by atoms with van der Waals surface area (Å²) in [5.74, 6) is 1.01. The van der Waals surface area contributed by atoms with E-state index in [0.717, 1.165) is 31.4 Å². The number of rotatable bonds is 5. The molecule has 25 heavy (non-hydrogen) atoms. The van der Waals surface area contributed by atoms with Crippen LogP contribution >= 0.6 is 0 Å². The van der Waals surface area contributed by atoms with E-state index in [2.05, 4.69) is 49.9 Å². The highest BCUT2D eigenvalue weighted by molar-refractivity contribution is 5.92. The molecule has 2 aliphatic rings. The number of carbonyl (C=O) groups excluding carboxylic acids is 1. The van der Waals surface area contributed by atoms with Gasteiger partial charge in [-0.3, -0.25) is 4.79 Å². The molecule has 0 radical (unpaired) electrons. The topological polar surface area (TPSA) is 68.4 Å². The fourth-order valence-electron chi connectivity index (χ4n) is 5.40. The number of hydrogen-bond donors (Lipinski definition) is 3. The number of amides is 1. The SMILES string of the molecule is CC(C)Cc1c[nH]c(C(=O)N[C@@H]2CC3(C[C@H]2O)CN(C)C3C(C)C)c1. The van der Waals surface area contributed by atoms with Gasteiger partial charge in [-0.05, 0) is 49.8 Å². The summed E-state index contributed by atoms with van der Waals surface area (Å²) in [7, 11) is 2.16. The van der Waals surface area contributed by atoms with Gasteiger partial charge in [0.25, 0.3) is 5.91 Å². The van der Waals surface area contributed by atoms with Gasteiger partial charge in [-0.2, -0.15) is 0 Å². The molecule has 5 heteroatoms. The second kappa shape index (κ2) is 6.76. The van der Waals surface area contributed by atoms with Crippen LogP contribution in [0.5, 0.6) is 0 Å². The second-order valence-corrected chi connectivity index (χ2v) is 9.04. The molecule has 140 valence electrons. The number of aliphatic hydroxyl groups excluding tert-OH is 1. The Morgan fingerprint density at radius 2 is 2.12 bits per heavy atom. The van der Waals surface area contributed by atoms with E-state index in [1.54, 1.807) is 0 Å². The molecule has 1 saturated carbocycles. The minimum Gasteiger partial charge on any atom is -0.391 e. The van der Waals surface area contributed by atoms with Gasteiger partial charge < -0.3 is 20.3 Å². The van der Waals surface area contributed by atoms with Crippen molar-refractivity contribution in [3.05, 3.63) is 23.5 Å². The van der Waals surface area contributed by atoms with Crippen LogP contribution in [0, 0.1) is 17.3 Å². The smallest absolute Gasteiger partial charge is 0.268 e. The Labute approximate surface area is 151 Å². The standard InChI is InChI=1S/C20H33N3O2/c1-12(2)6-14-7-15(21-10-14)19(25)22-16-8-20(9-17(16)24)11-23(5)18(20)13(3)4/h7,10,12-13,16-18,21,24H,6,8-9,11H2,1-5H3,(H,22,25)/t16-,17-,18?,20?/m1/s1. The lowest BCUT2D eigenvalue weighted by molar-refractivity contribution is -0.0827. The van der Waals surface area contributed by atoms with E-state index < -0.39 is 6.10 Å². The van der Waals surface area contributed by atoms with Crippen LogP contribution in [0.2, 0.25) is 0 Å². The van der Waals surface area contributed by atoms with Gasteiger partial charge in [0.05, 0.1) is 12.1 Å². The van der Waals surface area contributed by atoms with Crippen LogP contribution in [0.3, 0.4) is 0 Å². The minimum absolute atomic E-state index is 0.107. The number of nitrogens with zero attached hydrogens (tertiary/aromatic N) is 1. The predicted molar refractivity (Wildman–Crippen MR) is 99.5 cm³/mol. The van der Waals surface area contributed by atoms with Gasteiger partial charge in [0.2, 0.25) is 0 Å². The Kier molecular flexibility index (Phi) is 5.00. The molecule has 0 bridgehead atoms. The number of H-pyrrole nitrogens is 1. The van der Waals surface area contributed by atoms with Gasteiger partial charge >= 0.3 is 0 Å². The molecule has 3 rings (SSSR count). The average Bonchev–Trinajstić information content (AvgIpc) is 3.04. The zero-order chi connectivity index (χ0) is 18.4. The molecule has 1 aromatic rings. The largest absolute Gasteiger partial charge is 0.391 e. The summed E-state index contributed by atoms with van der Waals surface area (Å²) in [5.41, 5.74) is 1.90. The minimum atomic E-state index is -0.455. The molecule has 0 aromatic carbocycles. The molecule has 1 aliphatic carbocycles. The van der Waals surface area contributed by atoms with Gasteiger partial charge in [-0.1, -0.05) is 27.7 Å². The van der Waals surface area contributed by atoms with Crippen LogP contribution in [0.4, 0.5) is 0 Å². The molecule has 3 N–H and O–H groups in total. The number of aromatic nitrogens is 1. The molecule has 2 heterocycles. The van der Waals surface area contributed by atoms with E-state index in [-0.39, 0.29) is 17.4 Å². The first-order chi connectivity index (χ1) is 11.7. The first kappa shape index (κ1) is 18.5. The first-order valence-electron chi connectivity index (χ1n) is 9.58. The summed E-state index contributed by atoms with van der Waals surface area (Å²) in [5, 5.41) is 13.6. The molecule has 1 aromatic heterocycles. The maximum atomic E-state index is 12.6. The number of likely N-dealkylation sites (tertiary alicyclic amines) is 1. The molecule has 4 atom stereocenters. The zero-order valence-corrected chi connectivity index (χ0v) is 16.2. The molecule has 1 spiro atoms. The molecule has 1 aliphatic heterocycles. The van der Waals surface area contributed by atoms with E-state index in [0.29, 0.717) is 23.6 Å². The quantitative estimate of drug-likeness (QED) is 0.766. The number of aromatic amines is 1. The van der Waals surface area contributed by atoms with E-state index in [9.17, 15) is 9.90 Å². The highest BCUT2D eigenvalue weighted by Gasteiger charge is 2.58. The van der Waals surface area contributed by atoms with Crippen LogP contribution < -0.4 is 5.32 Å². The van der Waals surface area contributed by atoms with Gasteiger partial charge in [0.1, 0.15) is 5.69 Å². The Balaban J connectivity index is 1.63. The molecule has 1 saturated heterocycles. The van der Waals surface area contributed by atoms with Crippen molar-refractivity contribution in [2.75, 3.05) is 13.6 Å². The monoisotopic (exact) mass is 347 g/mol. The van der Waals surface area contributed by atoms with Crippen molar-refractivity contribution >= 4 is 5.91 Å². The van der Waals surface area contributed by atoms with Gasteiger partial charge in [0, 0.05) is 24.2 Å². The van der Waals surface area contributed by atoms with Crippen molar-refractivity contribution in [1.29, 1.82) is 0 Å². The fourth-order valence-corrected chi connectivity index (χ4v) is 5.40. The molecule has 5 nitrogen and oxygen atoms in total. The van der Waals surface area contributed by atoms with E-state index in [4.69, 9.17) is 0 Å². The highest BCUT2D eigenvalue weighted by Crippen LogP contribution is 2.52. The lowest BCUT2D eigenvalue weighted by Crippen LogP contribution is -2.64. The van der Waals surface area contributed by atoms with Crippen molar-refractivity contribution < 1.29 is 9.90 Å². The lowest BCUT2D eigenvalue weighted by Gasteiger charge is -2.57. The number of nitrogens with one attached hydrogen (secondary N) is 2. The third-order valence-electron chi connectivity index (χ3n) is 5.95. The van der Waals surface area contributed by atoms with Gasteiger partial charge in [-0.15, -0.1) is 0 Å². The van der Waals surface area contributed by atoms with Crippen LogP contribution in [0.1, 0.15) is 56.6 Å². The predicted octanol–water partition coefficient (Wildman–Crippen LogP) is 2.42. The zero-order valence-electron chi connectivity index (χ0n) is 16.2. The van der Waals surface area contributed by atoms with Crippen LogP contribution in [0.25, 0.3) is 0 Å². The summed E-state index contributed by atoms with van der Waals surface area (Å²) in [6.45, 7) is 9.84. The van der Waals surface area contributed by atoms with Crippen LogP contribution in [0.15, 0.2) is 12.3 Å². The van der Waals surface area contributed by atoms with Gasteiger partial charge in [0.15, 0.2) is 0 Å².